The molecule has 1 amide bonds. The topological polar surface area (TPSA) is 40.5 Å². The maximum absolute atomic E-state index is 13.3. The second-order valence-corrected chi connectivity index (χ2v) is 6.07. The highest BCUT2D eigenvalue weighted by molar-refractivity contribution is 5.91. The Morgan fingerprint density at radius 3 is 2.58 bits per heavy atom. The fourth-order valence-electron chi connectivity index (χ4n) is 2.55. The average molecular weight is 265 g/mol. The van der Waals surface area contributed by atoms with Crippen LogP contribution in [0.4, 0.5) is 4.39 Å². The van der Waals surface area contributed by atoms with Gasteiger partial charge in [0.05, 0.1) is 11.0 Å². The number of likely N-dealkylation sites (N-methyl/N-ethyl adjacent to an activating group) is 1. The lowest BCUT2D eigenvalue weighted by molar-refractivity contribution is -0.135. The van der Waals surface area contributed by atoms with Crippen LogP contribution in [-0.2, 0) is 10.2 Å². The number of aliphatic hydroxyl groups is 1. The van der Waals surface area contributed by atoms with Crippen molar-refractivity contribution < 1.29 is 14.3 Å². The van der Waals surface area contributed by atoms with Gasteiger partial charge in [-0.3, -0.25) is 4.79 Å². The van der Waals surface area contributed by atoms with Gasteiger partial charge in [0.25, 0.3) is 0 Å². The van der Waals surface area contributed by atoms with Gasteiger partial charge in [-0.15, -0.1) is 0 Å². The first-order valence-corrected chi connectivity index (χ1v) is 6.49. The molecule has 4 heteroatoms. The van der Waals surface area contributed by atoms with Crippen LogP contribution in [0.1, 0.15) is 32.3 Å². The van der Waals surface area contributed by atoms with Gasteiger partial charge in [0.1, 0.15) is 5.82 Å². The molecule has 104 valence electrons. The average Bonchev–Trinajstić information content (AvgIpc) is 3.07. The Kier molecular flexibility index (Phi) is 3.39. The zero-order valence-electron chi connectivity index (χ0n) is 11.6. The van der Waals surface area contributed by atoms with Crippen LogP contribution in [0.2, 0.25) is 0 Å². The minimum Gasteiger partial charge on any atom is -0.389 e. The summed E-state index contributed by atoms with van der Waals surface area (Å²) in [5.74, 6) is -0.359. The van der Waals surface area contributed by atoms with Crippen molar-refractivity contribution in [3.8, 4) is 0 Å². The monoisotopic (exact) mass is 265 g/mol. The highest BCUT2D eigenvalue weighted by Crippen LogP contribution is 2.49. The molecular weight excluding hydrogens is 245 g/mol. The van der Waals surface area contributed by atoms with Crippen LogP contribution in [0.25, 0.3) is 0 Å². The molecule has 0 bridgehead atoms. The van der Waals surface area contributed by atoms with E-state index in [2.05, 4.69) is 0 Å². The third kappa shape index (κ3) is 2.95. The van der Waals surface area contributed by atoms with E-state index in [1.807, 2.05) is 0 Å². The molecule has 0 aliphatic heterocycles. The summed E-state index contributed by atoms with van der Waals surface area (Å²) in [6.45, 7) is 3.60. The minimum absolute atomic E-state index is 0.0415. The number of benzene rings is 1. The fourth-order valence-corrected chi connectivity index (χ4v) is 2.55. The number of rotatable bonds is 4. The highest BCUT2D eigenvalue weighted by Gasteiger charge is 2.52. The first-order valence-electron chi connectivity index (χ1n) is 6.49. The van der Waals surface area contributed by atoms with E-state index < -0.39 is 11.0 Å². The summed E-state index contributed by atoms with van der Waals surface area (Å²) in [5.41, 5.74) is -0.773. The Morgan fingerprint density at radius 1 is 1.47 bits per heavy atom. The predicted molar refractivity (Wildman–Crippen MR) is 71.2 cm³/mol. The third-order valence-electron chi connectivity index (χ3n) is 3.51. The van der Waals surface area contributed by atoms with Crippen LogP contribution >= 0.6 is 0 Å². The SMILES string of the molecule is CN(CC(C)(C)O)C(=O)C1(c2cccc(F)c2)CC1. The van der Waals surface area contributed by atoms with Crippen LogP contribution in [0.15, 0.2) is 24.3 Å². The van der Waals surface area contributed by atoms with Gasteiger partial charge >= 0.3 is 0 Å². The summed E-state index contributed by atoms with van der Waals surface area (Å²) in [5, 5.41) is 9.78. The number of hydrogen-bond donors (Lipinski definition) is 1. The van der Waals surface area contributed by atoms with Gasteiger partial charge in [0.15, 0.2) is 0 Å². The Balaban J connectivity index is 2.19. The van der Waals surface area contributed by atoms with Gasteiger partial charge < -0.3 is 10.0 Å². The molecular formula is C15H20FNO2. The van der Waals surface area contributed by atoms with Crippen molar-refractivity contribution in [3.05, 3.63) is 35.6 Å². The Morgan fingerprint density at radius 2 is 2.11 bits per heavy atom. The number of amides is 1. The lowest BCUT2D eigenvalue weighted by Gasteiger charge is -2.29. The molecule has 1 fully saturated rings. The Labute approximate surface area is 113 Å². The summed E-state index contributed by atoms with van der Waals surface area (Å²) in [6.07, 6.45) is 1.48. The molecule has 0 radical (unpaired) electrons. The lowest BCUT2D eigenvalue weighted by Crippen LogP contribution is -2.44. The number of halogens is 1. The van der Waals surface area contributed by atoms with Gasteiger partial charge in [-0.25, -0.2) is 4.39 Å². The standard InChI is InChI=1S/C15H20FNO2/c1-14(2,19)10-17(3)13(18)15(7-8-15)11-5-4-6-12(16)9-11/h4-6,9,19H,7-8,10H2,1-3H3. The van der Waals surface area contributed by atoms with Crippen molar-refractivity contribution in [2.24, 2.45) is 0 Å². The minimum atomic E-state index is -0.928. The second kappa shape index (κ2) is 4.60. The van der Waals surface area contributed by atoms with Gasteiger partial charge in [-0.2, -0.15) is 0 Å². The van der Waals surface area contributed by atoms with Crippen molar-refractivity contribution in [1.29, 1.82) is 0 Å². The van der Waals surface area contributed by atoms with Crippen LogP contribution in [0.5, 0.6) is 0 Å². The van der Waals surface area contributed by atoms with E-state index in [1.165, 1.54) is 17.0 Å². The Bertz CT molecular complexity index is 489. The third-order valence-corrected chi connectivity index (χ3v) is 3.51. The summed E-state index contributed by atoms with van der Waals surface area (Å²) in [7, 11) is 1.68. The number of carbonyl (C=O) groups is 1. The summed E-state index contributed by atoms with van der Waals surface area (Å²) in [4.78, 5) is 14.0. The quantitative estimate of drug-likeness (QED) is 0.905. The first kappa shape index (κ1) is 14.0. The molecule has 3 nitrogen and oxygen atoms in total. The number of nitrogens with zero attached hydrogens (tertiary/aromatic N) is 1. The van der Waals surface area contributed by atoms with Gasteiger partial charge in [0, 0.05) is 13.6 Å². The van der Waals surface area contributed by atoms with E-state index in [0.717, 1.165) is 18.4 Å². The van der Waals surface area contributed by atoms with Crippen LogP contribution in [0, 0.1) is 5.82 Å². The van der Waals surface area contributed by atoms with Crippen molar-refractivity contribution in [1.82, 2.24) is 4.90 Å². The molecule has 1 aromatic rings. The molecule has 0 saturated heterocycles. The smallest absolute Gasteiger partial charge is 0.233 e. The molecule has 1 aliphatic carbocycles. The van der Waals surface area contributed by atoms with E-state index in [-0.39, 0.29) is 18.3 Å². The van der Waals surface area contributed by atoms with Crippen molar-refractivity contribution >= 4 is 5.91 Å². The Hall–Kier alpha value is -1.42. The van der Waals surface area contributed by atoms with Crippen LogP contribution in [-0.4, -0.2) is 35.1 Å². The van der Waals surface area contributed by atoms with E-state index in [4.69, 9.17) is 0 Å². The summed E-state index contributed by atoms with van der Waals surface area (Å²) >= 11 is 0. The molecule has 0 atom stereocenters. The first-order chi connectivity index (χ1) is 8.74. The highest BCUT2D eigenvalue weighted by atomic mass is 19.1. The molecule has 1 saturated carbocycles. The van der Waals surface area contributed by atoms with Gasteiger partial charge in [-0.05, 0) is 44.4 Å². The molecule has 0 spiro atoms. The molecule has 1 N–H and O–H groups in total. The summed E-state index contributed by atoms with van der Waals surface area (Å²) < 4.78 is 13.3. The van der Waals surface area contributed by atoms with E-state index >= 15 is 0 Å². The maximum Gasteiger partial charge on any atom is 0.233 e. The molecule has 2 rings (SSSR count). The van der Waals surface area contributed by atoms with E-state index in [1.54, 1.807) is 33.0 Å². The number of hydrogen-bond acceptors (Lipinski definition) is 2. The van der Waals surface area contributed by atoms with Gasteiger partial charge in [-0.1, -0.05) is 12.1 Å². The molecule has 1 aromatic carbocycles. The van der Waals surface area contributed by atoms with Crippen molar-refractivity contribution in [2.75, 3.05) is 13.6 Å². The van der Waals surface area contributed by atoms with Crippen molar-refractivity contribution in [2.45, 2.75) is 37.7 Å². The molecule has 0 heterocycles. The van der Waals surface area contributed by atoms with Crippen LogP contribution in [0.3, 0.4) is 0 Å². The molecule has 19 heavy (non-hydrogen) atoms. The second-order valence-electron chi connectivity index (χ2n) is 6.07. The van der Waals surface area contributed by atoms with Crippen LogP contribution < -0.4 is 0 Å². The molecule has 0 aromatic heterocycles. The maximum atomic E-state index is 13.3. The van der Waals surface area contributed by atoms with E-state index in [9.17, 15) is 14.3 Å². The lowest BCUT2D eigenvalue weighted by atomic mass is 9.94. The summed E-state index contributed by atoms with van der Waals surface area (Å²) in [6, 6.07) is 6.24. The number of carbonyl (C=O) groups excluding carboxylic acids is 1. The normalized spacial score (nSPS) is 17.1. The zero-order chi connectivity index (χ0) is 14.3. The van der Waals surface area contributed by atoms with Crippen molar-refractivity contribution in [3.63, 3.8) is 0 Å². The fraction of sp³-hybridized carbons (Fsp3) is 0.533. The predicted octanol–water partition coefficient (Wildman–Crippen LogP) is 2.09. The molecule has 0 unspecified atom stereocenters. The van der Waals surface area contributed by atoms with E-state index in [0.29, 0.717) is 0 Å². The zero-order valence-corrected chi connectivity index (χ0v) is 11.6. The van der Waals surface area contributed by atoms with Gasteiger partial charge in [0.2, 0.25) is 5.91 Å². The largest absolute Gasteiger partial charge is 0.389 e. The molecule has 1 aliphatic rings.